The normalized spacial score (nSPS) is 13.1. The molecule has 0 radical (unpaired) electrons. The van der Waals surface area contributed by atoms with Crippen molar-refractivity contribution in [2.75, 3.05) is 15.9 Å². The van der Waals surface area contributed by atoms with Gasteiger partial charge in [-0.3, -0.25) is 9.10 Å². The van der Waals surface area contributed by atoms with Gasteiger partial charge in [-0.2, -0.15) is 13.2 Å². The highest BCUT2D eigenvalue weighted by Crippen LogP contribution is 2.34. The fraction of sp³-hybridized carbons (Fsp3) is 0.235. The number of carbonyl (C=O) groups is 1. The Hall–Kier alpha value is -2.62. The quantitative estimate of drug-likeness (QED) is 0.774. The zero-order chi connectivity index (χ0) is 20.4. The third kappa shape index (κ3) is 4.97. The Balaban J connectivity index is 2.36. The molecule has 0 saturated carbocycles. The third-order valence-electron chi connectivity index (χ3n) is 3.66. The van der Waals surface area contributed by atoms with Gasteiger partial charge in [-0.15, -0.1) is 0 Å². The minimum absolute atomic E-state index is 0.00524. The van der Waals surface area contributed by atoms with E-state index in [0.717, 1.165) is 42.7 Å². The zero-order valence-electron chi connectivity index (χ0n) is 14.3. The first-order chi connectivity index (χ1) is 12.4. The predicted molar refractivity (Wildman–Crippen MR) is 93.3 cm³/mol. The molecule has 0 aliphatic rings. The van der Waals surface area contributed by atoms with E-state index in [2.05, 4.69) is 5.32 Å². The van der Waals surface area contributed by atoms with Gasteiger partial charge in [-0.1, -0.05) is 12.1 Å². The van der Waals surface area contributed by atoms with Crippen LogP contribution in [0.3, 0.4) is 0 Å². The Morgan fingerprint density at radius 1 is 1.07 bits per heavy atom. The van der Waals surface area contributed by atoms with Crippen molar-refractivity contribution in [2.24, 2.45) is 0 Å². The van der Waals surface area contributed by atoms with Gasteiger partial charge in [0.2, 0.25) is 15.9 Å². The number of amides is 1. The number of halogens is 4. The smallest absolute Gasteiger partial charge is 0.324 e. The lowest BCUT2D eigenvalue weighted by molar-refractivity contribution is -0.137. The third-order valence-corrected chi connectivity index (χ3v) is 4.90. The molecule has 0 bridgehead atoms. The first-order valence-electron chi connectivity index (χ1n) is 7.63. The second-order valence-corrected chi connectivity index (χ2v) is 7.60. The minimum Gasteiger partial charge on any atom is -0.324 e. The number of rotatable bonds is 5. The van der Waals surface area contributed by atoms with Crippen LogP contribution >= 0.6 is 0 Å². The number of hydrogen-bond acceptors (Lipinski definition) is 3. The topological polar surface area (TPSA) is 66.5 Å². The van der Waals surface area contributed by atoms with E-state index in [9.17, 15) is 30.8 Å². The second-order valence-electron chi connectivity index (χ2n) is 5.74. The van der Waals surface area contributed by atoms with E-state index < -0.39 is 45.2 Å². The van der Waals surface area contributed by atoms with Gasteiger partial charge in [-0.25, -0.2) is 12.8 Å². The van der Waals surface area contributed by atoms with Crippen LogP contribution in [0.2, 0.25) is 0 Å². The Morgan fingerprint density at radius 3 is 2.15 bits per heavy atom. The van der Waals surface area contributed by atoms with Gasteiger partial charge >= 0.3 is 6.18 Å². The Labute approximate surface area is 153 Å². The maximum Gasteiger partial charge on any atom is 0.418 e. The second kappa shape index (κ2) is 7.55. The van der Waals surface area contributed by atoms with E-state index in [0.29, 0.717) is 4.31 Å². The van der Waals surface area contributed by atoms with Crippen LogP contribution in [0.4, 0.5) is 28.9 Å². The molecule has 10 heteroatoms. The van der Waals surface area contributed by atoms with Crippen molar-refractivity contribution < 1.29 is 30.8 Å². The summed E-state index contributed by atoms with van der Waals surface area (Å²) in [5.41, 5.74) is -1.54. The number of hydrogen-bond donors (Lipinski definition) is 1. The molecule has 0 spiro atoms. The standard InChI is InChI=1S/C17H16F4N2O3S/c1-11(23(27(2,25)26)13-9-7-12(18)8-10-13)16(24)22-15-6-4-3-5-14(15)17(19,20)21/h3-11H,1-2H3,(H,22,24). The fourth-order valence-corrected chi connectivity index (χ4v) is 3.65. The number of alkyl halides is 3. The van der Waals surface area contributed by atoms with E-state index in [1.54, 1.807) is 0 Å². The molecule has 0 aliphatic carbocycles. The molecule has 0 fully saturated rings. The molecule has 0 heterocycles. The summed E-state index contributed by atoms with van der Waals surface area (Å²) in [7, 11) is -3.98. The number of para-hydroxylation sites is 1. The first kappa shape index (κ1) is 20.7. The molecule has 0 aliphatic heterocycles. The summed E-state index contributed by atoms with van der Waals surface area (Å²) in [6, 6.07) is 7.30. The molecular weight excluding hydrogens is 388 g/mol. The van der Waals surface area contributed by atoms with E-state index in [-0.39, 0.29) is 5.69 Å². The van der Waals surface area contributed by atoms with Crippen LogP contribution in [-0.2, 0) is 21.0 Å². The van der Waals surface area contributed by atoms with Crippen molar-refractivity contribution in [2.45, 2.75) is 19.1 Å². The van der Waals surface area contributed by atoms with Crippen molar-refractivity contribution in [1.29, 1.82) is 0 Å². The molecule has 1 amide bonds. The average molecular weight is 404 g/mol. The molecule has 2 aromatic rings. The summed E-state index contributed by atoms with van der Waals surface area (Å²) < 4.78 is 77.2. The van der Waals surface area contributed by atoms with E-state index in [1.165, 1.54) is 19.1 Å². The van der Waals surface area contributed by atoms with Crippen LogP contribution in [0.15, 0.2) is 48.5 Å². The molecule has 1 unspecified atom stereocenters. The van der Waals surface area contributed by atoms with Gasteiger partial charge in [0.05, 0.1) is 23.2 Å². The van der Waals surface area contributed by atoms with Crippen LogP contribution in [0.1, 0.15) is 12.5 Å². The van der Waals surface area contributed by atoms with Gasteiger partial charge in [0.25, 0.3) is 0 Å². The SMILES string of the molecule is CC(C(=O)Nc1ccccc1C(F)(F)F)N(c1ccc(F)cc1)S(C)(=O)=O. The number of carbonyl (C=O) groups excluding carboxylic acids is 1. The van der Waals surface area contributed by atoms with E-state index in [1.807, 2.05) is 0 Å². The predicted octanol–water partition coefficient (Wildman–Crippen LogP) is 3.64. The van der Waals surface area contributed by atoms with Crippen LogP contribution in [-0.4, -0.2) is 26.6 Å². The van der Waals surface area contributed by atoms with Crippen molar-refractivity contribution >= 4 is 27.3 Å². The van der Waals surface area contributed by atoms with Crippen LogP contribution < -0.4 is 9.62 Å². The molecule has 5 nitrogen and oxygen atoms in total. The van der Waals surface area contributed by atoms with E-state index >= 15 is 0 Å². The fourth-order valence-electron chi connectivity index (χ4n) is 2.47. The Morgan fingerprint density at radius 2 is 1.63 bits per heavy atom. The summed E-state index contributed by atoms with van der Waals surface area (Å²) in [5, 5.41) is 2.11. The van der Waals surface area contributed by atoms with Crippen molar-refractivity contribution in [3.05, 3.63) is 59.9 Å². The van der Waals surface area contributed by atoms with Crippen molar-refractivity contribution in [3.63, 3.8) is 0 Å². The zero-order valence-corrected chi connectivity index (χ0v) is 15.1. The number of benzene rings is 2. The van der Waals surface area contributed by atoms with Gasteiger partial charge in [0.1, 0.15) is 11.9 Å². The number of nitrogens with zero attached hydrogens (tertiary/aromatic N) is 1. The Kier molecular flexibility index (Phi) is 5.79. The summed E-state index contributed by atoms with van der Waals surface area (Å²) in [5.74, 6) is -1.58. The average Bonchev–Trinajstić information content (AvgIpc) is 2.55. The summed E-state index contributed by atoms with van der Waals surface area (Å²) in [6.07, 6.45) is -3.86. The van der Waals surface area contributed by atoms with Crippen molar-refractivity contribution in [1.82, 2.24) is 0 Å². The van der Waals surface area contributed by atoms with Crippen LogP contribution in [0.25, 0.3) is 0 Å². The molecule has 2 aromatic carbocycles. The maximum absolute atomic E-state index is 13.1. The molecule has 1 N–H and O–H groups in total. The number of anilines is 2. The molecule has 27 heavy (non-hydrogen) atoms. The Bertz CT molecular complexity index is 928. The summed E-state index contributed by atoms with van der Waals surface area (Å²) in [6.45, 7) is 1.22. The van der Waals surface area contributed by atoms with Crippen LogP contribution in [0.5, 0.6) is 0 Å². The molecule has 2 rings (SSSR count). The van der Waals surface area contributed by atoms with Gasteiger partial charge in [0.15, 0.2) is 0 Å². The molecule has 0 saturated heterocycles. The summed E-state index contributed by atoms with van der Waals surface area (Å²) in [4.78, 5) is 12.5. The van der Waals surface area contributed by atoms with E-state index in [4.69, 9.17) is 0 Å². The van der Waals surface area contributed by atoms with Gasteiger partial charge in [0, 0.05) is 0 Å². The molecular formula is C17H16F4N2O3S. The van der Waals surface area contributed by atoms with Gasteiger partial charge in [-0.05, 0) is 43.3 Å². The summed E-state index contributed by atoms with van der Waals surface area (Å²) >= 11 is 0. The monoisotopic (exact) mass is 404 g/mol. The number of nitrogens with one attached hydrogen (secondary N) is 1. The maximum atomic E-state index is 13.1. The van der Waals surface area contributed by atoms with Crippen LogP contribution in [0, 0.1) is 5.82 Å². The minimum atomic E-state index is -4.69. The number of sulfonamides is 1. The largest absolute Gasteiger partial charge is 0.418 e. The molecule has 1 atom stereocenters. The molecule has 0 aromatic heterocycles. The first-order valence-corrected chi connectivity index (χ1v) is 9.48. The highest BCUT2D eigenvalue weighted by atomic mass is 32.2. The van der Waals surface area contributed by atoms with Gasteiger partial charge < -0.3 is 5.32 Å². The molecule has 146 valence electrons. The highest BCUT2D eigenvalue weighted by molar-refractivity contribution is 7.92. The van der Waals surface area contributed by atoms with Crippen molar-refractivity contribution in [3.8, 4) is 0 Å². The lowest BCUT2D eigenvalue weighted by atomic mass is 10.1. The highest BCUT2D eigenvalue weighted by Gasteiger charge is 2.35. The lowest BCUT2D eigenvalue weighted by Gasteiger charge is -2.28. The lowest BCUT2D eigenvalue weighted by Crippen LogP contribution is -2.45.